The van der Waals surface area contributed by atoms with Crippen LogP contribution in [0.5, 0.6) is 0 Å². The topological polar surface area (TPSA) is 49.7 Å². The van der Waals surface area contributed by atoms with E-state index in [-0.39, 0.29) is 6.61 Å². The Hall–Kier alpha value is -0.120. The summed E-state index contributed by atoms with van der Waals surface area (Å²) in [6.07, 6.45) is 0. The maximum absolute atomic E-state index is 7.57. The second kappa shape index (κ2) is 67.3. The third-order valence-corrected chi connectivity index (χ3v) is 0. The summed E-state index contributed by atoms with van der Waals surface area (Å²) < 4.78 is 4.25. The summed E-state index contributed by atoms with van der Waals surface area (Å²) in [4.78, 5) is 0. The lowest BCUT2D eigenvalue weighted by atomic mass is 10.9. The molecule has 0 unspecified atom stereocenters. The van der Waals surface area contributed by atoms with E-state index in [1.807, 2.05) is 0 Å². The van der Waals surface area contributed by atoms with Gasteiger partial charge in [-0.15, -0.1) is 0 Å². The van der Waals surface area contributed by atoms with E-state index in [1.165, 1.54) is 0 Å². The van der Waals surface area contributed by atoms with Crippen molar-refractivity contribution in [2.24, 2.45) is 0 Å². The maximum Gasteiger partial charge on any atom is 0.0402 e. The van der Waals surface area contributed by atoms with Gasteiger partial charge in [0, 0.05) is 27.9 Å². The molecule has 0 atom stereocenters. The van der Waals surface area contributed by atoms with E-state index < -0.39 is 0 Å². The van der Waals surface area contributed by atoms with Crippen LogP contribution in [0.1, 0.15) is 6.92 Å². The maximum atomic E-state index is 7.57. The van der Waals surface area contributed by atoms with E-state index in [2.05, 4.69) is 4.74 Å². The van der Waals surface area contributed by atoms with Crippen LogP contribution in [0.4, 0.5) is 0 Å². The van der Waals surface area contributed by atoms with Gasteiger partial charge in [-0.25, -0.2) is 0 Å². The molecule has 0 aromatic heterocycles. The number of aliphatic hydroxyl groups excluding tert-OH is 2. The highest BCUT2D eigenvalue weighted by Gasteiger charge is 1.34. The fourth-order valence-corrected chi connectivity index (χ4v) is 0. The Morgan fingerprint density at radius 3 is 1.25 bits per heavy atom. The Balaban J connectivity index is -0.0000000483. The van der Waals surface area contributed by atoms with Crippen molar-refractivity contribution in [2.45, 2.75) is 6.92 Å². The summed E-state index contributed by atoms with van der Waals surface area (Å²) in [6.45, 7) is 1.93. The van der Waals surface area contributed by atoms with Crippen molar-refractivity contribution in [2.75, 3.05) is 27.9 Å². The van der Waals surface area contributed by atoms with Gasteiger partial charge in [0.1, 0.15) is 0 Å². The van der Waals surface area contributed by atoms with Crippen LogP contribution in [0.3, 0.4) is 0 Å². The molecule has 0 bridgehead atoms. The summed E-state index contributed by atoms with van der Waals surface area (Å²) in [5.41, 5.74) is 0. The third-order valence-electron chi connectivity index (χ3n) is 0. The molecule has 2 N–H and O–H groups in total. The van der Waals surface area contributed by atoms with Gasteiger partial charge < -0.3 is 14.9 Å². The number of ether oxygens (including phenoxy) is 1. The zero-order valence-electron chi connectivity index (χ0n) is 6.01. The van der Waals surface area contributed by atoms with Crippen molar-refractivity contribution in [3.63, 3.8) is 0 Å². The van der Waals surface area contributed by atoms with Gasteiger partial charge in [0.15, 0.2) is 0 Å². The van der Waals surface area contributed by atoms with Crippen LogP contribution in [0.25, 0.3) is 0 Å². The van der Waals surface area contributed by atoms with Crippen molar-refractivity contribution < 1.29 is 14.9 Å². The quantitative estimate of drug-likeness (QED) is 0.473. The van der Waals surface area contributed by atoms with Crippen LogP contribution < -0.4 is 0 Å². The molecule has 0 heterocycles. The highest BCUT2D eigenvalue weighted by atomic mass is 16.4. The third kappa shape index (κ3) is 9720. The Morgan fingerprint density at radius 1 is 1.25 bits per heavy atom. The minimum absolute atomic E-state index is 0.250. The Bertz CT molecular complexity index is 9.64. The highest BCUT2D eigenvalue weighted by molar-refractivity contribution is 3.84. The molecular weight excluding hydrogens is 108 g/mol. The van der Waals surface area contributed by atoms with Gasteiger partial charge in [-0.05, 0) is 6.92 Å². The molecule has 3 nitrogen and oxygen atoms in total. The molecule has 0 aromatic rings. The molecule has 0 spiro atoms. The number of methoxy groups -OCH3 is 1. The summed E-state index contributed by atoms with van der Waals surface area (Å²) in [7, 11) is 4.25. The average molecular weight is 124 g/mol. The van der Waals surface area contributed by atoms with Crippen LogP contribution in [-0.4, -0.2) is 38.1 Å². The summed E-state index contributed by atoms with van der Waals surface area (Å²) in [6, 6.07) is 0. The minimum Gasteiger partial charge on any atom is -0.400 e. The number of hydrogen-bond donors (Lipinski definition) is 2. The molecule has 54 valence electrons. The normalized spacial score (nSPS) is 5.25. The van der Waals surface area contributed by atoms with Gasteiger partial charge in [0.05, 0.1) is 0 Å². The van der Waals surface area contributed by atoms with Gasteiger partial charge in [0.2, 0.25) is 0 Å². The fourth-order valence-electron chi connectivity index (χ4n) is 0. The van der Waals surface area contributed by atoms with Gasteiger partial charge in [-0.2, -0.15) is 0 Å². The lowest BCUT2D eigenvalue weighted by molar-refractivity contribution is 0.277. The van der Waals surface area contributed by atoms with Gasteiger partial charge in [-0.3, -0.25) is 0 Å². The van der Waals surface area contributed by atoms with Crippen molar-refractivity contribution in [3.8, 4) is 0 Å². The first kappa shape index (κ1) is 15.7. The fraction of sp³-hybridized carbons (Fsp3) is 1.00. The van der Waals surface area contributed by atoms with E-state index in [0.29, 0.717) is 0 Å². The SMILES string of the molecule is CCO.CO.COC. The minimum atomic E-state index is 0.250. The molecule has 3 heteroatoms. The molecular formula is C5H16O3. The van der Waals surface area contributed by atoms with Crippen LogP contribution >= 0.6 is 0 Å². The number of rotatable bonds is 0. The highest BCUT2D eigenvalue weighted by Crippen LogP contribution is 1.30. The van der Waals surface area contributed by atoms with E-state index in [4.69, 9.17) is 10.2 Å². The van der Waals surface area contributed by atoms with Gasteiger partial charge in [-0.1, -0.05) is 0 Å². The molecule has 0 aliphatic carbocycles. The molecule has 8 heavy (non-hydrogen) atoms. The smallest absolute Gasteiger partial charge is 0.0402 e. The first-order valence-corrected chi connectivity index (χ1v) is 2.29. The van der Waals surface area contributed by atoms with Crippen molar-refractivity contribution >= 4 is 0 Å². The molecule has 0 aliphatic heterocycles. The van der Waals surface area contributed by atoms with Gasteiger partial charge >= 0.3 is 0 Å². The van der Waals surface area contributed by atoms with Crippen LogP contribution in [0.2, 0.25) is 0 Å². The lowest BCUT2D eigenvalue weighted by Crippen LogP contribution is -1.57. The van der Waals surface area contributed by atoms with Crippen LogP contribution in [0.15, 0.2) is 0 Å². The molecule has 0 radical (unpaired) electrons. The zero-order chi connectivity index (χ0) is 7.41. The van der Waals surface area contributed by atoms with Crippen molar-refractivity contribution in [1.29, 1.82) is 0 Å². The molecule has 0 saturated heterocycles. The van der Waals surface area contributed by atoms with Crippen molar-refractivity contribution in [3.05, 3.63) is 0 Å². The Kier molecular flexibility index (Phi) is 132. The molecule has 0 amide bonds. The second-order valence-electron chi connectivity index (χ2n) is 0.724. The Morgan fingerprint density at radius 2 is 1.25 bits per heavy atom. The predicted molar refractivity (Wildman–Crippen MR) is 33.8 cm³/mol. The average Bonchev–Trinajstić information content (AvgIpc) is 1.75. The second-order valence-corrected chi connectivity index (χ2v) is 0.724. The van der Waals surface area contributed by atoms with E-state index >= 15 is 0 Å². The molecule has 0 aliphatic rings. The molecule has 0 aromatic carbocycles. The summed E-state index contributed by atoms with van der Waals surface area (Å²) >= 11 is 0. The lowest BCUT2D eigenvalue weighted by Gasteiger charge is -1.61. The summed E-state index contributed by atoms with van der Waals surface area (Å²) in [5, 5.41) is 14.6. The first-order valence-electron chi connectivity index (χ1n) is 2.29. The monoisotopic (exact) mass is 124 g/mol. The number of hydrogen-bond acceptors (Lipinski definition) is 3. The Labute approximate surface area is 50.9 Å². The molecule has 0 fully saturated rings. The van der Waals surface area contributed by atoms with Crippen molar-refractivity contribution in [1.82, 2.24) is 0 Å². The van der Waals surface area contributed by atoms with Crippen LogP contribution in [-0.2, 0) is 4.74 Å². The predicted octanol–water partition coefficient (Wildman–Crippen LogP) is -0.130. The van der Waals surface area contributed by atoms with Crippen LogP contribution in [0, 0.1) is 0 Å². The number of aliphatic hydroxyl groups is 2. The van der Waals surface area contributed by atoms with E-state index in [9.17, 15) is 0 Å². The standard InChI is InChI=1S/2C2H6O.CH4O/c1-3-2;1-2-3;1-2/h1-2H3;3H,2H2,1H3;2H,1H3. The largest absolute Gasteiger partial charge is 0.400 e. The molecule has 0 saturated carbocycles. The van der Waals surface area contributed by atoms with E-state index in [0.717, 1.165) is 7.11 Å². The van der Waals surface area contributed by atoms with E-state index in [1.54, 1.807) is 21.1 Å². The summed E-state index contributed by atoms with van der Waals surface area (Å²) in [5.74, 6) is 0. The van der Waals surface area contributed by atoms with Gasteiger partial charge in [0.25, 0.3) is 0 Å². The molecule has 0 rings (SSSR count). The zero-order valence-corrected chi connectivity index (χ0v) is 6.01. The first-order chi connectivity index (χ1) is 3.83.